The second-order valence-corrected chi connectivity index (χ2v) is 7.06. The number of likely N-dealkylation sites (tertiary alicyclic amines) is 1. The maximum atomic E-state index is 12.8. The molecule has 1 N–H and O–H groups in total. The number of carboxylic acid groups (broad SMARTS) is 1. The number of anilines is 1. The minimum Gasteiger partial charge on any atom is -0.481 e. The Morgan fingerprint density at radius 3 is 2.62 bits per heavy atom. The predicted molar refractivity (Wildman–Crippen MR) is 89.3 cm³/mol. The molecular weight excluding hydrogens is 332 g/mol. The van der Waals surface area contributed by atoms with Gasteiger partial charge in [0.15, 0.2) is 0 Å². The molecule has 1 aromatic carbocycles. The first-order chi connectivity index (χ1) is 11.3. The van der Waals surface area contributed by atoms with Gasteiger partial charge in [0, 0.05) is 31.7 Å². The van der Waals surface area contributed by atoms with Crippen molar-refractivity contribution in [3.05, 3.63) is 28.8 Å². The minimum absolute atomic E-state index is 0.0374. The minimum atomic E-state index is -0.926. The molecule has 128 valence electrons. The van der Waals surface area contributed by atoms with Crippen LogP contribution >= 0.6 is 11.6 Å². The van der Waals surface area contributed by atoms with E-state index in [4.69, 9.17) is 11.6 Å². The zero-order valence-electron chi connectivity index (χ0n) is 13.4. The molecule has 3 rings (SSSR count). The zero-order valence-corrected chi connectivity index (χ0v) is 14.2. The molecule has 1 unspecified atom stereocenters. The molecule has 7 heteroatoms. The number of hydrogen-bond acceptors (Lipinski definition) is 3. The van der Waals surface area contributed by atoms with Crippen molar-refractivity contribution in [3.8, 4) is 0 Å². The molecule has 2 saturated heterocycles. The lowest BCUT2D eigenvalue weighted by Gasteiger charge is -2.22. The van der Waals surface area contributed by atoms with Crippen LogP contribution in [0.25, 0.3) is 0 Å². The molecule has 2 fully saturated rings. The molecule has 2 aliphatic rings. The van der Waals surface area contributed by atoms with Crippen LogP contribution in [0.1, 0.15) is 36.5 Å². The summed E-state index contributed by atoms with van der Waals surface area (Å²) < 4.78 is 0. The number of hydrogen-bond donors (Lipinski definition) is 1. The molecule has 24 heavy (non-hydrogen) atoms. The van der Waals surface area contributed by atoms with Crippen LogP contribution in [0.5, 0.6) is 0 Å². The van der Waals surface area contributed by atoms with Gasteiger partial charge in [-0.1, -0.05) is 11.6 Å². The smallest absolute Gasteiger partial charge is 0.311 e. The molecule has 2 amide bonds. The van der Waals surface area contributed by atoms with Crippen LogP contribution in [-0.2, 0) is 9.59 Å². The van der Waals surface area contributed by atoms with Crippen molar-refractivity contribution in [3.63, 3.8) is 0 Å². The number of rotatable bonds is 3. The van der Waals surface area contributed by atoms with E-state index in [1.807, 2.05) is 0 Å². The number of benzene rings is 1. The molecule has 2 aliphatic heterocycles. The van der Waals surface area contributed by atoms with Crippen LogP contribution in [0.3, 0.4) is 0 Å². The van der Waals surface area contributed by atoms with Crippen molar-refractivity contribution in [2.24, 2.45) is 5.41 Å². The average Bonchev–Trinajstić information content (AvgIpc) is 3.14. The van der Waals surface area contributed by atoms with E-state index in [9.17, 15) is 19.5 Å². The third kappa shape index (κ3) is 2.86. The summed E-state index contributed by atoms with van der Waals surface area (Å²) in [5, 5.41) is 9.61. The molecule has 0 radical (unpaired) electrons. The van der Waals surface area contributed by atoms with Gasteiger partial charge in [0.2, 0.25) is 5.91 Å². The van der Waals surface area contributed by atoms with Gasteiger partial charge in [0.25, 0.3) is 5.91 Å². The number of amides is 2. The molecule has 1 atom stereocenters. The molecule has 1 aromatic rings. The molecule has 0 aliphatic carbocycles. The van der Waals surface area contributed by atoms with E-state index in [1.54, 1.807) is 30.0 Å². The molecule has 2 heterocycles. The van der Waals surface area contributed by atoms with Gasteiger partial charge < -0.3 is 14.9 Å². The summed E-state index contributed by atoms with van der Waals surface area (Å²) in [6, 6.07) is 4.97. The fourth-order valence-electron chi connectivity index (χ4n) is 3.25. The van der Waals surface area contributed by atoms with E-state index in [1.165, 1.54) is 4.90 Å². The van der Waals surface area contributed by atoms with E-state index >= 15 is 0 Å². The summed E-state index contributed by atoms with van der Waals surface area (Å²) in [7, 11) is 0. The zero-order chi connectivity index (χ0) is 17.5. The lowest BCUT2D eigenvalue weighted by Crippen LogP contribution is -2.35. The Kier molecular flexibility index (Phi) is 4.25. The predicted octanol–water partition coefficient (Wildman–Crippen LogP) is 2.40. The summed E-state index contributed by atoms with van der Waals surface area (Å²) in [5.41, 5.74) is 0.0407. The molecule has 0 spiro atoms. The van der Waals surface area contributed by atoms with Crippen LogP contribution < -0.4 is 4.90 Å². The summed E-state index contributed by atoms with van der Waals surface area (Å²) in [4.78, 5) is 39.2. The van der Waals surface area contributed by atoms with Crippen LogP contribution in [0.4, 0.5) is 5.69 Å². The first-order valence-corrected chi connectivity index (χ1v) is 8.32. The van der Waals surface area contributed by atoms with Crippen molar-refractivity contribution in [1.29, 1.82) is 0 Å². The van der Waals surface area contributed by atoms with Gasteiger partial charge in [-0.15, -0.1) is 0 Å². The van der Waals surface area contributed by atoms with Gasteiger partial charge in [-0.25, -0.2) is 0 Å². The monoisotopic (exact) mass is 350 g/mol. The number of carbonyl (C=O) groups excluding carboxylic acids is 2. The third-order valence-corrected chi connectivity index (χ3v) is 5.17. The highest BCUT2D eigenvalue weighted by atomic mass is 35.5. The first kappa shape index (κ1) is 16.8. The maximum absolute atomic E-state index is 12.8. The van der Waals surface area contributed by atoms with E-state index in [2.05, 4.69) is 0 Å². The molecule has 0 aromatic heterocycles. The topological polar surface area (TPSA) is 77.9 Å². The van der Waals surface area contributed by atoms with E-state index in [0.717, 1.165) is 6.42 Å². The number of halogens is 1. The Labute approximate surface area is 145 Å². The van der Waals surface area contributed by atoms with Crippen molar-refractivity contribution in [2.75, 3.05) is 24.5 Å². The Balaban J connectivity index is 1.85. The van der Waals surface area contributed by atoms with Crippen molar-refractivity contribution in [2.45, 2.75) is 26.2 Å². The first-order valence-electron chi connectivity index (χ1n) is 7.94. The highest BCUT2D eigenvalue weighted by Gasteiger charge is 2.42. The van der Waals surface area contributed by atoms with Crippen molar-refractivity contribution in [1.82, 2.24) is 4.90 Å². The second-order valence-electron chi connectivity index (χ2n) is 6.66. The molecule has 0 bridgehead atoms. The average molecular weight is 351 g/mol. The van der Waals surface area contributed by atoms with Crippen LogP contribution in [0.2, 0.25) is 5.02 Å². The van der Waals surface area contributed by atoms with E-state index < -0.39 is 11.4 Å². The fraction of sp³-hybridized carbons (Fsp3) is 0.471. The fourth-order valence-corrected chi connectivity index (χ4v) is 3.44. The van der Waals surface area contributed by atoms with E-state index in [-0.39, 0.29) is 18.4 Å². The van der Waals surface area contributed by atoms with Crippen molar-refractivity contribution >= 4 is 35.1 Å². The quantitative estimate of drug-likeness (QED) is 0.908. The Bertz CT molecular complexity index is 721. The summed E-state index contributed by atoms with van der Waals surface area (Å²) in [5.74, 6) is -1.16. The van der Waals surface area contributed by atoms with Gasteiger partial charge in [-0.05, 0) is 38.0 Å². The highest BCUT2D eigenvalue weighted by Crippen LogP contribution is 2.33. The second kappa shape index (κ2) is 6.09. The van der Waals surface area contributed by atoms with Crippen LogP contribution in [-0.4, -0.2) is 47.4 Å². The van der Waals surface area contributed by atoms with Crippen molar-refractivity contribution < 1.29 is 19.5 Å². The molecular formula is C17H19ClN2O4. The lowest BCUT2D eigenvalue weighted by molar-refractivity contribution is -0.147. The SMILES string of the molecule is CC1(C(=O)O)CCN(C(=O)c2cc(N3CCCC3=O)ccc2Cl)C1. The highest BCUT2D eigenvalue weighted by molar-refractivity contribution is 6.34. The molecule has 6 nitrogen and oxygen atoms in total. The standard InChI is InChI=1S/C17H19ClN2O4/c1-17(16(23)24)6-8-19(10-17)15(22)12-9-11(4-5-13(12)18)20-7-2-3-14(20)21/h4-5,9H,2-3,6-8,10H2,1H3,(H,23,24). The normalized spacial score (nSPS) is 23.8. The van der Waals surface area contributed by atoms with Crippen LogP contribution in [0.15, 0.2) is 18.2 Å². The summed E-state index contributed by atoms with van der Waals surface area (Å²) in [6.07, 6.45) is 1.72. The number of aliphatic carboxylic acids is 1. The van der Waals surface area contributed by atoms with Gasteiger partial charge >= 0.3 is 5.97 Å². The number of carbonyl (C=O) groups is 3. The van der Waals surface area contributed by atoms with Gasteiger partial charge in [0.1, 0.15) is 0 Å². The number of nitrogens with zero attached hydrogens (tertiary/aromatic N) is 2. The molecule has 0 saturated carbocycles. The third-order valence-electron chi connectivity index (χ3n) is 4.84. The summed E-state index contributed by atoms with van der Waals surface area (Å²) in [6.45, 7) is 2.81. The Morgan fingerprint density at radius 2 is 2.04 bits per heavy atom. The van der Waals surface area contributed by atoms with Crippen LogP contribution in [0, 0.1) is 5.41 Å². The maximum Gasteiger partial charge on any atom is 0.311 e. The Morgan fingerprint density at radius 1 is 1.29 bits per heavy atom. The van der Waals surface area contributed by atoms with Gasteiger partial charge in [0.05, 0.1) is 16.0 Å². The van der Waals surface area contributed by atoms with Gasteiger partial charge in [-0.3, -0.25) is 14.4 Å². The lowest BCUT2D eigenvalue weighted by atomic mass is 9.90. The van der Waals surface area contributed by atoms with Gasteiger partial charge in [-0.2, -0.15) is 0 Å². The number of carboxylic acids is 1. The van der Waals surface area contributed by atoms with E-state index in [0.29, 0.717) is 42.2 Å². The Hall–Kier alpha value is -2.08. The largest absolute Gasteiger partial charge is 0.481 e. The summed E-state index contributed by atoms with van der Waals surface area (Å²) >= 11 is 6.18.